The van der Waals surface area contributed by atoms with Crippen LogP contribution in [-0.4, -0.2) is 0 Å². The fraction of sp³-hybridized carbons (Fsp3) is 0. The lowest BCUT2D eigenvalue weighted by molar-refractivity contribution is 1.60. The average Bonchev–Trinajstić information content (AvgIpc) is 3.29. The van der Waals surface area contributed by atoms with Crippen molar-refractivity contribution in [2.45, 2.75) is 0 Å². The molecule has 58 heavy (non-hydrogen) atoms. The van der Waals surface area contributed by atoms with Gasteiger partial charge in [-0.05, 0) is 137 Å². The minimum atomic E-state index is 1.20. The van der Waals surface area contributed by atoms with E-state index in [0.717, 1.165) is 0 Å². The van der Waals surface area contributed by atoms with Gasteiger partial charge in [0, 0.05) is 0 Å². The lowest BCUT2D eigenvalue weighted by Gasteiger charge is -2.22. The maximum atomic E-state index is 2.43. The van der Waals surface area contributed by atoms with Gasteiger partial charge in [-0.15, -0.1) is 0 Å². The molecule has 0 atom stereocenters. The molecule has 0 saturated carbocycles. The standard InChI is InChI=1S/C58H34/c1-3-15-45-35(8-1)10-7-17-48(45)52-34-44-9-2-4-16-47(44)58(51-33-29-43-25-23-38-12-6-14-40-28-32-50(51)56(43)54(38)40)57(52)41-20-18-36(19-21-41)46-30-26-42-24-22-37-11-5-13-39-27-31-49(46)55(42)53(37)39/h1-34H. The molecule has 266 valence electrons. The predicted octanol–water partition coefficient (Wildman–Crippen LogP) is 16.5. The van der Waals surface area contributed by atoms with Gasteiger partial charge < -0.3 is 0 Å². The number of rotatable bonds is 4. The van der Waals surface area contributed by atoms with Gasteiger partial charge >= 0.3 is 0 Å². The molecule has 13 aromatic rings. The Bertz CT molecular complexity index is 3740. The van der Waals surface area contributed by atoms with Crippen molar-refractivity contribution in [3.63, 3.8) is 0 Å². The summed E-state index contributed by atoms with van der Waals surface area (Å²) in [6, 6.07) is 77.4. The Morgan fingerprint density at radius 2 is 0.638 bits per heavy atom. The van der Waals surface area contributed by atoms with Crippen LogP contribution in [0, 0.1) is 0 Å². The van der Waals surface area contributed by atoms with E-state index in [-0.39, 0.29) is 0 Å². The Balaban J connectivity index is 1.12. The zero-order valence-electron chi connectivity index (χ0n) is 31.6. The average molecular weight is 731 g/mol. The number of benzene rings is 13. The van der Waals surface area contributed by atoms with Crippen LogP contribution in [0.15, 0.2) is 206 Å². The van der Waals surface area contributed by atoms with Crippen molar-refractivity contribution in [3.05, 3.63) is 206 Å². The largest absolute Gasteiger partial charge is 0.0616 e. The first-order valence-electron chi connectivity index (χ1n) is 20.2. The highest BCUT2D eigenvalue weighted by atomic mass is 14.3. The fourth-order valence-corrected chi connectivity index (χ4v) is 10.4. The third kappa shape index (κ3) is 4.46. The zero-order chi connectivity index (χ0) is 37.9. The van der Waals surface area contributed by atoms with Gasteiger partial charge in [-0.1, -0.05) is 200 Å². The molecule has 13 rings (SSSR count). The summed E-state index contributed by atoms with van der Waals surface area (Å²) >= 11 is 0. The van der Waals surface area contributed by atoms with Gasteiger partial charge in [0.1, 0.15) is 0 Å². The van der Waals surface area contributed by atoms with E-state index >= 15 is 0 Å². The van der Waals surface area contributed by atoms with Crippen LogP contribution in [0.25, 0.3) is 131 Å². The fourth-order valence-electron chi connectivity index (χ4n) is 10.4. The highest BCUT2D eigenvalue weighted by molar-refractivity contribution is 6.28. The first-order chi connectivity index (χ1) is 28.8. The molecule has 0 fully saturated rings. The van der Waals surface area contributed by atoms with Gasteiger partial charge in [-0.2, -0.15) is 0 Å². The van der Waals surface area contributed by atoms with Crippen LogP contribution >= 0.6 is 0 Å². The van der Waals surface area contributed by atoms with Crippen molar-refractivity contribution < 1.29 is 0 Å². The van der Waals surface area contributed by atoms with Crippen LogP contribution in [0.5, 0.6) is 0 Å². The highest BCUT2D eigenvalue weighted by Crippen LogP contribution is 2.50. The first-order valence-corrected chi connectivity index (χ1v) is 20.2. The van der Waals surface area contributed by atoms with Crippen molar-refractivity contribution in [3.8, 4) is 44.5 Å². The molecule has 0 nitrogen and oxygen atoms in total. The number of fused-ring (bicyclic) bond motifs is 2. The summed E-state index contributed by atoms with van der Waals surface area (Å²) in [5.41, 5.74) is 9.96. The summed E-state index contributed by atoms with van der Waals surface area (Å²) < 4.78 is 0. The van der Waals surface area contributed by atoms with Gasteiger partial charge in [0.25, 0.3) is 0 Å². The molecule has 0 heterocycles. The molecule has 0 aromatic heterocycles. The van der Waals surface area contributed by atoms with E-state index in [4.69, 9.17) is 0 Å². The molecule has 0 aliphatic carbocycles. The molecule has 0 aliphatic rings. The Hall–Kier alpha value is -7.54. The lowest BCUT2D eigenvalue weighted by atomic mass is 9.80. The molecule has 0 heteroatoms. The maximum Gasteiger partial charge on any atom is -0.00143 e. The second kappa shape index (κ2) is 12.0. The molecule has 0 N–H and O–H groups in total. The topological polar surface area (TPSA) is 0 Å². The SMILES string of the molecule is c1ccc2c(-c3cc4ccccc4c(-c4ccc5ccc6cccc7ccc4c5c67)c3-c3ccc(-c4ccc5ccc6cccc7ccc4c5c67)cc3)cccc2c1. The van der Waals surface area contributed by atoms with Crippen molar-refractivity contribution in [2.75, 3.05) is 0 Å². The summed E-state index contributed by atoms with van der Waals surface area (Å²) in [5.74, 6) is 0. The van der Waals surface area contributed by atoms with Gasteiger partial charge in [0.2, 0.25) is 0 Å². The van der Waals surface area contributed by atoms with Gasteiger partial charge in [-0.3, -0.25) is 0 Å². The van der Waals surface area contributed by atoms with Crippen LogP contribution in [-0.2, 0) is 0 Å². The zero-order valence-corrected chi connectivity index (χ0v) is 31.6. The van der Waals surface area contributed by atoms with E-state index in [0.29, 0.717) is 0 Å². The van der Waals surface area contributed by atoms with Crippen molar-refractivity contribution in [2.24, 2.45) is 0 Å². The highest BCUT2D eigenvalue weighted by Gasteiger charge is 2.22. The smallest absolute Gasteiger partial charge is 0.00143 e. The van der Waals surface area contributed by atoms with Crippen molar-refractivity contribution in [1.29, 1.82) is 0 Å². The van der Waals surface area contributed by atoms with Crippen LogP contribution in [0.2, 0.25) is 0 Å². The maximum absolute atomic E-state index is 2.43. The van der Waals surface area contributed by atoms with Crippen molar-refractivity contribution in [1.82, 2.24) is 0 Å². The van der Waals surface area contributed by atoms with E-state index in [1.54, 1.807) is 0 Å². The molecule has 0 bridgehead atoms. The molecule has 0 saturated heterocycles. The Morgan fingerprint density at radius 1 is 0.190 bits per heavy atom. The van der Waals surface area contributed by atoms with E-state index in [1.807, 2.05) is 0 Å². The monoisotopic (exact) mass is 730 g/mol. The Labute approximate surface area is 335 Å². The summed E-state index contributed by atoms with van der Waals surface area (Å²) in [6.45, 7) is 0. The normalized spacial score (nSPS) is 12.1. The summed E-state index contributed by atoms with van der Waals surface area (Å²) in [6.07, 6.45) is 0. The quantitative estimate of drug-likeness (QED) is 0.158. The van der Waals surface area contributed by atoms with Crippen LogP contribution in [0.4, 0.5) is 0 Å². The molecule has 13 aromatic carbocycles. The second-order valence-corrected chi connectivity index (χ2v) is 15.9. The van der Waals surface area contributed by atoms with E-state index in [2.05, 4.69) is 206 Å². The van der Waals surface area contributed by atoms with E-state index < -0.39 is 0 Å². The van der Waals surface area contributed by atoms with E-state index in [1.165, 1.54) is 131 Å². The molecule has 0 aliphatic heterocycles. The molecule has 0 spiro atoms. The van der Waals surface area contributed by atoms with E-state index in [9.17, 15) is 0 Å². The third-order valence-electron chi connectivity index (χ3n) is 12.9. The van der Waals surface area contributed by atoms with Crippen LogP contribution < -0.4 is 0 Å². The molecular weight excluding hydrogens is 697 g/mol. The number of hydrogen-bond donors (Lipinski definition) is 0. The molecule has 0 radical (unpaired) electrons. The lowest BCUT2D eigenvalue weighted by Crippen LogP contribution is -1.95. The summed E-state index contributed by atoms with van der Waals surface area (Å²) in [7, 11) is 0. The molecular formula is C58H34. The molecule has 0 amide bonds. The Morgan fingerprint density at radius 3 is 1.29 bits per heavy atom. The van der Waals surface area contributed by atoms with Gasteiger partial charge in [0.15, 0.2) is 0 Å². The number of hydrogen-bond acceptors (Lipinski definition) is 0. The predicted molar refractivity (Wildman–Crippen MR) is 251 cm³/mol. The third-order valence-corrected chi connectivity index (χ3v) is 12.9. The first kappa shape index (κ1) is 31.6. The molecule has 0 unspecified atom stereocenters. The van der Waals surface area contributed by atoms with Gasteiger partial charge in [0.05, 0.1) is 0 Å². The summed E-state index contributed by atoms with van der Waals surface area (Å²) in [5, 5.41) is 20.7. The minimum Gasteiger partial charge on any atom is -0.0616 e. The Kier molecular flexibility index (Phi) is 6.54. The van der Waals surface area contributed by atoms with Gasteiger partial charge in [-0.25, -0.2) is 0 Å². The minimum absolute atomic E-state index is 1.20. The van der Waals surface area contributed by atoms with Crippen LogP contribution in [0.1, 0.15) is 0 Å². The van der Waals surface area contributed by atoms with Crippen LogP contribution in [0.3, 0.4) is 0 Å². The second-order valence-electron chi connectivity index (χ2n) is 15.9. The van der Waals surface area contributed by atoms with Crippen molar-refractivity contribution >= 4 is 86.2 Å². The summed E-state index contributed by atoms with van der Waals surface area (Å²) in [4.78, 5) is 0.